The largest absolute Gasteiger partial charge is 0.370 e. The second-order valence-electron chi connectivity index (χ2n) is 4.40. The Morgan fingerprint density at radius 3 is 2.79 bits per heavy atom. The van der Waals surface area contributed by atoms with Crippen molar-refractivity contribution in [2.24, 2.45) is 5.92 Å². The van der Waals surface area contributed by atoms with Crippen LogP contribution in [0.25, 0.3) is 0 Å². The Bertz CT molecular complexity index is 199. The van der Waals surface area contributed by atoms with E-state index >= 15 is 0 Å². The summed E-state index contributed by atoms with van der Waals surface area (Å²) in [4.78, 5) is 13.5. The monoisotopic (exact) mass is 197 g/mol. The summed E-state index contributed by atoms with van der Waals surface area (Å²) >= 11 is 0. The number of hydrogen-bond acceptors (Lipinski definition) is 2. The van der Waals surface area contributed by atoms with Gasteiger partial charge in [-0.15, -0.1) is 0 Å². The van der Waals surface area contributed by atoms with Gasteiger partial charge in [0.05, 0.1) is 6.61 Å². The first kappa shape index (κ1) is 9.97. The van der Waals surface area contributed by atoms with Gasteiger partial charge in [0.15, 0.2) is 0 Å². The minimum atomic E-state index is 0.182. The zero-order chi connectivity index (χ0) is 9.80. The lowest BCUT2D eigenvalue weighted by Gasteiger charge is -2.32. The molecule has 1 heterocycles. The maximum absolute atomic E-state index is 11.5. The van der Waals surface area contributed by atoms with Crippen molar-refractivity contribution < 1.29 is 9.53 Å². The van der Waals surface area contributed by atoms with Gasteiger partial charge in [0.2, 0.25) is 5.91 Å². The Kier molecular flexibility index (Phi) is 3.40. The van der Waals surface area contributed by atoms with Gasteiger partial charge in [-0.1, -0.05) is 19.3 Å². The number of amides is 1. The third-order valence-electron chi connectivity index (χ3n) is 3.29. The molecule has 2 aliphatic rings. The van der Waals surface area contributed by atoms with Crippen LogP contribution in [0.15, 0.2) is 0 Å². The molecule has 0 radical (unpaired) electrons. The number of carbonyl (C=O) groups excluding carboxylic acids is 1. The Morgan fingerprint density at radius 2 is 2.07 bits per heavy atom. The fourth-order valence-corrected chi connectivity index (χ4v) is 2.42. The predicted molar refractivity (Wildman–Crippen MR) is 54.0 cm³/mol. The molecule has 80 valence electrons. The summed E-state index contributed by atoms with van der Waals surface area (Å²) in [5.41, 5.74) is 0. The normalized spacial score (nSPS) is 25.4. The maximum Gasteiger partial charge on any atom is 0.248 e. The number of rotatable bonds is 2. The summed E-state index contributed by atoms with van der Waals surface area (Å²) in [7, 11) is 0. The lowest BCUT2D eigenvalue weighted by Crippen LogP contribution is -2.44. The Labute approximate surface area is 85.4 Å². The Hall–Kier alpha value is -0.570. The van der Waals surface area contributed by atoms with Crippen molar-refractivity contribution in [3.8, 4) is 0 Å². The molecule has 0 aromatic rings. The molecule has 3 nitrogen and oxygen atoms in total. The first-order valence-electron chi connectivity index (χ1n) is 5.72. The van der Waals surface area contributed by atoms with Gasteiger partial charge in [0.25, 0.3) is 0 Å². The van der Waals surface area contributed by atoms with Gasteiger partial charge in [-0.2, -0.15) is 0 Å². The van der Waals surface area contributed by atoms with Crippen LogP contribution in [0.1, 0.15) is 32.1 Å². The fraction of sp³-hybridized carbons (Fsp3) is 0.909. The zero-order valence-corrected chi connectivity index (χ0v) is 8.71. The van der Waals surface area contributed by atoms with E-state index in [1.165, 1.54) is 32.1 Å². The van der Waals surface area contributed by atoms with E-state index in [1.54, 1.807) is 0 Å². The number of hydrogen-bond donors (Lipinski definition) is 0. The number of morpholine rings is 1. The highest BCUT2D eigenvalue weighted by atomic mass is 16.5. The van der Waals surface area contributed by atoms with Crippen LogP contribution < -0.4 is 0 Å². The van der Waals surface area contributed by atoms with E-state index in [0.717, 1.165) is 25.6 Å². The number of carbonyl (C=O) groups is 1. The van der Waals surface area contributed by atoms with Crippen LogP contribution in [0.3, 0.4) is 0 Å². The van der Waals surface area contributed by atoms with Crippen molar-refractivity contribution in [1.82, 2.24) is 4.90 Å². The molecule has 1 saturated carbocycles. The molecule has 2 fully saturated rings. The van der Waals surface area contributed by atoms with E-state index in [9.17, 15) is 4.79 Å². The molecule has 3 heteroatoms. The van der Waals surface area contributed by atoms with E-state index in [2.05, 4.69) is 0 Å². The van der Waals surface area contributed by atoms with Crippen LogP contribution in [0, 0.1) is 5.92 Å². The molecule has 0 aromatic heterocycles. The van der Waals surface area contributed by atoms with Gasteiger partial charge in [-0.25, -0.2) is 0 Å². The molecule has 1 aliphatic carbocycles. The molecule has 0 N–H and O–H groups in total. The lowest BCUT2D eigenvalue weighted by molar-refractivity contribution is -0.143. The smallest absolute Gasteiger partial charge is 0.248 e. The summed E-state index contributed by atoms with van der Waals surface area (Å²) in [5.74, 6) is 0.938. The fourth-order valence-electron chi connectivity index (χ4n) is 2.42. The van der Waals surface area contributed by atoms with Crippen molar-refractivity contribution in [1.29, 1.82) is 0 Å². The van der Waals surface area contributed by atoms with Gasteiger partial charge in [0.1, 0.15) is 6.61 Å². The summed E-state index contributed by atoms with van der Waals surface area (Å²) in [5, 5.41) is 0. The molecule has 0 unspecified atom stereocenters. The topological polar surface area (TPSA) is 29.5 Å². The van der Waals surface area contributed by atoms with Crippen LogP contribution in [-0.2, 0) is 9.53 Å². The second kappa shape index (κ2) is 4.78. The molecule has 1 aliphatic heterocycles. The summed E-state index contributed by atoms with van der Waals surface area (Å²) in [6, 6.07) is 0. The molecule has 14 heavy (non-hydrogen) atoms. The third-order valence-corrected chi connectivity index (χ3v) is 3.29. The first-order chi connectivity index (χ1) is 6.86. The Balaban J connectivity index is 1.79. The first-order valence-corrected chi connectivity index (χ1v) is 5.72. The Morgan fingerprint density at radius 1 is 1.29 bits per heavy atom. The minimum absolute atomic E-state index is 0.182. The zero-order valence-electron chi connectivity index (χ0n) is 8.71. The molecular formula is C11H19NO2. The quantitative estimate of drug-likeness (QED) is 0.670. The molecule has 1 amide bonds. The van der Waals surface area contributed by atoms with Crippen LogP contribution in [0.4, 0.5) is 0 Å². The summed E-state index contributed by atoms with van der Waals surface area (Å²) in [6.07, 6.45) is 6.70. The molecule has 0 spiro atoms. The van der Waals surface area contributed by atoms with Crippen molar-refractivity contribution in [3.63, 3.8) is 0 Å². The van der Waals surface area contributed by atoms with Crippen LogP contribution in [-0.4, -0.2) is 37.1 Å². The van der Waals surface area contributed by atoms with Crippen LogP contribution in [0.2, 0.25) is 0 Å². The lowest BCUT2D eigenvalue weighted by atomic mass is 9.89. The SMILES string of the molecule is O=C1COCCN1CC1CCCCC1. The predicted octanol–water partition coefficient (Wildman–Crippen LogP) is 1.43. The van der Waals surface area contributed by atoms with Crippen molar-refractivity contribution in [2.75, 3.05) is 26.3 Å². The average molecular weight is 197 g/mol. The highest BCUT2D eigenvalue weighted by Gasteiger charge is 2.23. The second-order valence-corrected chi connectivity index (χ2v) is 4.40. The van der Waals surface area contributed by atoms with E-state index < -0.39 is 0 Å². The number of nitrogens with zero attached hydrogens (tertiary/aromatic N) is 1. The standard InChI is InChI=1S/C11H19NO2/c13-11-9-14-7-6-12(11)8-10-4-2-1-3-5-10/h10H,1-9H2. The third kappa shape index (κ3) is 2.47. The van der Waals surface area contributed by atoms with E-state index in [4.69, 9.17) is 4.74 Å². The summed E-state index contributed by atoms with van der Waals surface area (Å²) < 4.78 is 5.11. The highest BCUT2D eigenvalue weighted by molar-refractivity contribution is 5.77. The molecular weight excluding hydrogens is 178 g/mol. The van der Waals surface area contributed by atoms with Crippen LogP contribution in [0.5, 0.6) is 0 Å². The molecule has 1 saturated heterocycles. The molecule has 0 atom stereocenters. The molecule has 2 rings (SSSR count). The van der Waals surface area contributed by atoms with E-state index in [0.29, 0.717) is 6.61 Å². The van der Waals surface area contributed by atoms with Gasteiger partial charge in [0, 0.05) is 13.1 Å². The van der Waals surface area contributed by atoms with Crippen LogP contribution >= 0.6 is 0 Å². The van der Waals surface area contributed by atoms with Gasteiger partial charge < -0.3 is 9.64 Å². The van der Waals surface area contributed by atoms with Gasteiger partial charge in [-0.3, -0.25) is 4.79 Å². The minimum Gasteiger partial charge on any atom is -0.370 e. The van der Waals surface area contributed by atoms with E-state index in [1.807, 2.05) is 4.90 Å². The maximum atomic E-state index is 11.5. The van der Waals surface area contributed by atoms with E-state index in [-0.39, 0.29) is 5.91 Å². The van der Waals surface area contributed by atoms with Crippen molar-refractivity contribution in [2.45, 2.75) is 32.1 Å². The molecule has 0 bridgehead atoms. The average Bonchev–Trinajstić information content (AvgIpc) is 2.23. The van der Waals surface area contributed by atoms with Crippen molar-refractivity contribution in [3.05, 3.63) is 0 Å². The highest BCUT2D eigenvalue weighted by Crippen LogP contribution is 2.24. The number of ether oxygens (including phenoxy) is 1. The van der Waals surface area contributed by atoms with Gasteiger partial charge in [-0.05, 0) is 18.8 Å². The van der Waals surface area contributed by atoms with Gasteiger partial charge >= 0.3 is 0 Å². The summed E-state index contributed by atoms with van der Waals surface area (Å²) in [6.45, 7) is 2.79. The molecule has 0 aromatic carbocycles. The van der Waals surface area contributed by atoms with Crippen molar-refractivity contribution >= 4 is 5.91 Å².